The fraction of sp³-hybridized carbons (Fsp3) is 0.118. The van der Waals surface area contributed by atoms with Crippen LogP contribution in [0, 0.1) is 6.92 Å². The Morgan fingerprint density at radius 3 is 2.56 bits per heavy atom. The molecule has 0 aromatic heterocycles. The third-order valence-electron chi connectivity index (χ3n) is 2.96. The molecule has 0 bridgehead atoms. The Hall–Kier alpha value is -2.15. The lowest BCUT2D eigenvalue weighted by atomic mass is 10.1. The van der Waals surface area contributed by atoms with Crippen LogP contribution in [0.4, 0.5) is 0 Å². The van der Waals surface area contributed by atoms with Crippen LogP contribution in [0.1, 0.15) is 18.1 Å². The van der Waals surface area contributed by atoms with Crippen molar-refractivity contribution in [3.63, 3.8) is 0 Å². The van der Waals surface area contributed by atoms with E-state index in [2.05, 4.69) is 43.3 Å². The molecule has 0 saturated heterocycles. The number of fused-ring (bicyclic) bond motifs is 1. The third-order valence-corrected chi connectivity index (χ3v) is 2.96. The van der Waals surface area contributed by atoms with Crippen molar-refractivity contribution in [1.29, 1.82) is 0 Å². The van der Waals surface area contributed by atoms with E-state index in [4.69, 9.17) is 0 Å². The molecule has 0 unspecified atom stereocenters. The van der Waals surface area contributed by atoms with Crippen LogP contribution in [0.5, 0.6) is 0 Å². The molecule has 18 heavy (non-hydrogen) atoms. The summed E-state index contributed by atoms with van der Waals surface area (Å²) >= 11 is 0. The van der Waals surface area contributed by atoms with E-state index in [-0.39, 0.29) is 0 Å². The first kappa shape index (κ1) is 12.3. The standard InChI is InChI=1S/C17H16O/c1-13-3-6-15-8-9-16(17(15)10-5-13)7-4-14(2)11-12-18/h3-12H,1-2H3/b7-4+,14-11+. The van der Waals surface area contributed by atoms with Gasteiger partial charge in [-0.25, -0.2) is 0 Å². The van der Waals surface area contributed by atoms with Crippen molar-refractivity contribution in [2.75, 3.05) is 0 Å². The zero-order chi connectivity index (χ0) is 13.0. The van der Waals surface area contributed by atoms with Crippen molar-refractivity contribution < 1.29 is 4.79 Å². The van der Waals surface area contributed by atoms with Gasteiger partial charge in [-0.2, -0.15) is 0 Å². The molecule has 2 aliphatic carbocycles. The van der Waals surface area contributed by atoms with E-state index in [0.717, 1.165) is 11.9 Å². The Kier molecular flexibility index (Phi) is 3.73. The van der Waals surface area contributed by atoms with E-state index in [9.17, 15) is 4.79 Å². The summed E-state index contributed by atoms with van der Waals surface area (Å²) < 4.78 is 0. The first-order valence-corrected chi connectivity index (χ1v) is 6.00. The fourth-order valence-corrected chi connectivity index (χ4v) is 1.88. The zero-order valence-electron chi connectivity index (χ0n) is 10.7. The lowest BCUT2D eigenvalue weighted by Crippen LogP contribution is -1.73. The molecule has 0 fully saturated rings. The van der Waals surface area contributed by atoms with Gasteiger partial charge in [0, 0.05) is 0 Å². The van der Waals surface area contributed by atoms with Crippen LogP contribution < -0.4 is 0 Å². The molecular formula is C17H16O. The van der Waals surface area contributed by atoms with Crippen LogP contribution in [-0.4, -0.2) is 6.29 Å². The van der Waals surface area contributed by atoms with Gasteiger partial charge in [0.15, 0.2) is 0 Å². The van der Waals surface area contributed by atoms with Gasteiger partial charge in [-0.05, 0) is 42.2 Å². The van der Waals surface area contributed by atoms with Crippen molar-refractivity contribution in [2.45, 2.75) is 13.8 Å². The minimum atomic E-state index is 0.812. The molecule has 0 aromatic rings. The molecule has 0 N–H and O–H groups in total. The first-order valence-electron chi connectivity index (χ1n) is 6.00. The molecule has 1 nitrogen and oxygen atoms in total. The molecule has 0 spiro atoms. The van der Waals surface area contributed by atoms with Gasteiger partial charge in [0.05, 0.1) is 0 Å². The van der Waals surface area contributed by atoms with Crippen molar-refractivity contribution >= 4 is 12.4 Å². The molecule has 0 saturated carbocycles. The fourth-order valence-electron chi connectivity index (χ4n) is 1.88. The van der Waals surface area contributed by atoms with E-state index in [0.29, 0.717) is 0 Å². The van der Waals surface area contributed by atoms with Gasteiger partial charge in [-0.3, -0.25) is 4.79 Å². The average molecular weight is 236 g/mol. The average Bonchev–Trinajstić information content (AvgIpc) is 2.64. The van der Waals surface area contributed by atoms with Gasteiger partial charge in [0.2, 0.25) is 0 Å². The van der Waals surface area contributed by atoms with E-state index < -0.39 is 0 Å². The number of allylic oxidation sites excluding steroid dienone is 3. The smallest absolute Gasteiger partial charge is 0.143 e. The van der Waals surface area contributed by atoms with Crippen LogP contribution >= 0.6 is 0 Å². The van der Waals surface area contributed by atoms with E-state index in [1.807, 2.05) is 19.1 Å². The number of hydrogen-bond donors (Lipinski definition) is 0. The van der Waals surface area contributed by atoms with Gasteiger partial charge >= 0.3 is 0 Å². The molecular weight excluding hydrogens is 220 g/mol. The molecule has 0 aromatic carbocycles. The highest BCUT2D eigenvalue weighted by Crippen LogP contribution is 2.28. The van der Waals surface area contributed by atoms with Crippen molar-refractivity contribution in [3.05, 3.63) is 65.3 Å². The summed E-state index contributed by atoms with van der Waals surface area (Å²) in [4.78, 5) is 10.4. The lowest BCUT2D eigenvalue weighted by molar-refractivity contribution is -0.104. The Balaban J connectivity index is 2.37. The lowest BCUT2D eigenvalue weighted by Gasteiger charge is -1.95. The molecule has 2 aliphatic rings. The van der Waals surface area contributed by atoms with Gasteiger partial charge in [-0.1, -0.05) is 54.1 Å². The second-order valence-electron chi connectivity index (χ2n) is 4.45. The number of carbonyl (C=O) groups is 1. The molecule has 2 rings (SSSR count). The summed E-state index contributed by atoms with van der Waals surface area (Å²) in [6.07, 6.45) is 6.38. The quantitative estimate of drug-likeness (QED) is 0.442. The molecule has 1 heteroatoms. The molecule has 90 valence electrons. The Morgan fingerprint density at radius 1 is 1.06 bits per heavy atom. The van der Waals surface area contributed by atoms with E-state index >= 15 is 0 Å². The second kappa shape index (κ2) is 5.46. The molecule has 0 radical (unpaired) electrons. The summed E-state index contributed by atoms with van der Waals surface area (Å²) in [6, 6.07) is 12.7. The van der Waals surface area contributed by atoms with Crippen LogP contribution in [-0.2, 0) is 4.79 Å². The van der Waals surface area contributed by atoms with Crippen LogP contribution in [0.2, 0.25) is 0 Å². The highest BCUT2D eigenvalue weighted by molar-refractivity contribution is 5.79. The third kappa shape index (κ3) is 2.75. The van der Waals surface area contributed by atoms with Crippen molar-refractivity contribution in [2.24, 2.45) is 0 Å². The second-order valence-corrected chi connectivity index (χ2v) is 4.45. The number of hydrogen-bond acceptors (Lipinski definition) is 1. The van der Waals surface area contributed by atoms with Gasteiger partial charge in [0.25, 0.3) is 0 Å². The number of rotatable bonds is 3. The largest absolute Gasteiger partial charge is 0.299 e. The zero-order valence-corrected chi connectivity index (χ0v) is 10.7. The number of aldehydes is 1. The molecule has 0 heterocycles. The monoisotopic (exact) mass is 236 g/mol. The predicted molar refractivity (Wildman–Crippen MR) is 76.7 cm³/mol. The van der Waals surface area contributed by atoms with Gasteiger partial charge in [0.1, 0.15) is 6.29 Å². The highest BCUT2D eigenvalue weighted by Gasteiger charge is 2.04. The van der Waals surface area contributed by atoms with Gasteiger partial charge in [-0.15, -0.1) is 0 Å². The minimum Gasteiger partial charge on any atom is -0.299 e. The summed E-state index contributed by atoms with van der Waals surface area (Å²) in [5, 5.41) is 0. The minimum absolute atomic E-state index is 0.812. The van der Waals surface area contributed by atoms with Crippen LogP contribution in [0.15, 0.2) is 54.1 Å². The summed E-state index contributed by atoms with van der Waals surface area (Å²) in [7, 11) is 0. The molecule has 0 amide bonds. The van der Waals surface area contributed by atoms with E-state index in [1.54, 1.807) is 6.08 Å². The van der Waals surface area contributed by atoms with Crippen molar-refractivity contribution in [1.82, 2.24) is 0 Å². The van der Waals surface area contributed by atoms with Crippen LogP contribution in [0.25, 0.3) is 17.2 Å². The van der Waals surface area contributed by atoms with Crippen LogP contribution in [0.3, 0.4) is 0 Å². The summed E-state index contributed by atoms with van der Waals surface area (Å²) in [5.74, 6) is 0. The SMILES string of the molecule is CC(/C=C/c1ccc2ccc(C)ccc1-2)=C\C=O. The predicted octanol–water partition coefficient (Wildman–Crippen LogP) is 4.26. The van der Waals surface area contributed by atoms with E-state index in [1.165, 1.54) is 22.3 Å². The Bertz CT molecular complexity index is 591. The summed E-state index contributed by atoms with van der Waals surface area (Å²) in [6.45, 7) is 4.01. The number of aryl methyl sites for hydroxylation is 1. The highest BCUT2D eigenvalue weighted by atomic mass is 16.1. The maximum atomic E-state index is 10.4. The van der Waals surface area contributed by atoms with Crippen molar-refractivity contribution in [3.8, 4) is 11.1 Å². The first-order chi connectivity index (χ1) is 8.70. The number of carbonyl (C=O) groups excluding carboxylic acids is 1. The Morgan fingerprint density at radius 2 is 1.78 bits per heavy atom. The topological polar surface area (TPSA) is 17.1 Å². The maximum Gasteiger partial charge on any atom is 0.143 e. The molecule has 0 aliphatic heterocycles. The summed E-state index contributed by atoms with van der Waals surface area (Å²) in [5.41, 5.74) is 5.85. The molecule has 0 atom stereocenters. The Labute approximate surface area is 108 Å². The normalized spacial score (nSPS) is 12.2. The maximum absolute atomic E-state index is 10.4. The van der Waals surface area contributed by atoms with Gasteiger partial charge < -0.3 is 0 Å².